The third-order valence-corrected chi connectivity index (χ3v) is 7.32. The van der Waals surface area contributed by atoms with Gasteiger partial charge in [0.25, 0.3) is 5.91 Å². The normalized spacial score (nSPS) is 26.0. The van der Waals surface area contributed by atoms with Gasteiger partial charge in [0.1, 0.15) is 0 Å². The molecule has 2 fully saturated rings. The molecule has 144 valence electrons. The van der Waals surface area contributed by atoms with Gasteiger partial charge < -0.3 is 9.80 Å². The van der Waals surface area contributed by atoms with E-state index in [1.807, 2.05) is 4.90 Å². The summed E-state index contributed by atoms with van der Waals surface area (Å²) in [6, 6.07) is 6.45. The topological polar surface area (TPSA) is 62.1 Å². The Morgan fingerprint density at radius 2 is 1.58 bits per heavy atom. The summed E-state index contributed by atoms with van der Waals surface area (Å²) in [4.78, 5) is 16.2. The number of amides is 1. The maximum absolute atomic E-state index is 12.9. The summed E-state index contributed by atoms with van der Waals surface area (Å²) in [6.07, 6.45) is 1.06. The number of hydrogen-bond acceptors (Lipinski definition) is 3. The summed E-state index contributed by atoms with van der Waals surface area (Å²) in [5.74, 6) is 0.726. The number of carbonyl (C=O) groups is 1. The van der Waals surface area contributed by atoms with E-state index in [4.69, 9.17) is 0 Å². The number of likely N-dealkylation sites (N-methyl/N-ethyl adjacent to an activating group) is 1. The van der Waals surface area contributed by atoms with E-state index in [0.29, 0.717) is 30.5 Å². The van der Waals surface area contributed by atoms with Crippen molar-refractivity contribution in [1.29, 1.82) is 0 Å². The fourth-order valence-electron chi connectivity index (χ4n) is 3.99. The molecule has 2 saturated heterocycles. The van der Waals surface area contributed by atoms with Crippen molar-refractivity contribution in [2.45, 2.75) is 25.2 Å². The minimum Gasteiger partial charge on any atom is -0.334 e. The molecule has 26 heavy (non-hydrogen) atoms. The van der Waals surface area contributed by atoms with E-state index in [0.717, 1.165) is 32.6 Å². The molecule has 6 nitrogen and oxygen atoms in total. The van der Waals surface area contributed by atoms with Crippen LogP contribution in [0.1, 0.15) is 30.6 Å². The maximum Gasteiger partial charge on any atom is 0.254 e. The molecule has 3 rings (SSSR count). The number of carbonyl (C=O) groups excluding carboxylic acids is 1. The van der Waals surface area contributed by atoms with Gasteiger partial charge in [0, 0.05) is 18.7 Å². The summed E-state index contributed by atoms with van der Waals surface area (Å²) in [7, 11) is -1.37. The average molecular weight is 381 g/mol. The Kier molecular flexibility index (Phi) is 5.69. The second-order valence-electron chi connectivity index (χ2n) is 8.04. The number of piperazine rings is 1. The molecule has 2 aliphatic rings. The molecule has 1 aromatic rings. The highest BCUT2D eigenvalue weighted by Crippen LogP contribution is 2.26. The number of rotatable bonds is 3. The number of quaternary nitrogens is 1. The molecule has 2 atom stereocenters. The van der Waals surface area contributed by atoms with Gasteiger partial charge in [0.15, 0.2) is 0 Å². The van der Waals surface area contributed by atoms with E-state index in [1.165, 1.54) is 4.90 Å². The molecule has 0 spiro atoms. The lowest BCUT2D eigenvalue weighted by Gasteiger charge is -2.34. The lowest BCUT2D eigenvalue weighted by atomic mass is 9.94. The SMILES string of the molecule is C[C@H]1C[C@H](C)CN(S(=O)(=O)c2ccc(C(=O)N3CC[NH+](C)CC3)cc2)C1. The zero-order chi connectivity index (χ0) is 18.9. The number of benzene rings is 1. The van der Waals surface area contributed by atoms with E-state index in [2.05, 4.69) is 20.9 Å². The van der Waals surface area contributed by atoms with Gasteiger partial charge in [-0.3, -0.25) is 4.79 Å². The molecule has 0 saturated carbocycles. The number of piperidine rings is 1. The van der Waals surface area contributed by atoms with Gasteiger partial charge in [-0.25, -0.2) is 8.42 Å². The second kappa shape index (κ2) is 7.66. The number of sulfonamides is 1. The van der Waals surface area contributed by atoms with Crippen LogP contribution in [0.3, 0.4) is 0 Å². The van der Waals surface area contributed by atoms with Crippen molar-refractivity contribution < 1.29 is 18.1 Å². The fraction of sp³-hybridized carbons (Fsp3) is 0.632. The molecule has 0 aliphatic carbocycles. The zero-order valence-electron chi connectivity index (χ0n) is 15.9. The van der Waals surface area contributed by atoms with Crippen molar-refractivity contribution in [3.63, 3.8) is 0 Å². The minimum absolute atomic E-state index is 0.0123. The molecule has 1 aromatic carbocycles. The Bertz CT molecular complexity index is 730. The minimum atomic E-state index is -3.50. The van der Waals surface area contributed by atoms with Gasteiger partial charge in [0.2, 0.25) is 10.0 Å². The van der Waals surface area contributed by atoms with Crippen molar-refractivity contribution in [3.8, 4) is 0 Å². The van der Waals surface area contributed by atoms with E-state index < -0.39 is 10.0 Å². The van der Waals surface area contributed by atoms with Gasteiger partial charge in [-0.15, -0.1) is 0 Å². The van der Waals surface area contributed by atoms with E-state index in [1.54, 1.807) is 28.6 Å². The third kappa shape index (κ3) is 4.10. The highest BCUT2D eigenvalue weighted by molar-refractivity contribution is 7.89. The largest absolute Gasteiger partial charge is 0.334 e. The molecule has 2 aliphatic heterocycles. The van der Waals surface area contributed by atoms with E-state index in [9.17, 15) is 13.2 Å². The fourth-order valence-corrected chi connectivity index (χ4v) is 5.67. The van der Waals surface area contributed by atoms with Gasteiger partial charge in [0.05, 0.1) is 38.1 Å². The summed E-state index contributed by atoms with van der Waals surface area (Å²) < 4.78 is 27.4. The molecule has 0 bridgehead atoms. The van der Waals surface area contributed by atoms with Crippen molar-refractivity contribution in [1.82, 2.24) is 9.21 Å². The Balaban J connectivity index is 1.73. The zero-order valence-corrected chi connectivity index (χ0v) is 16.8. The number of nitrogens with one attached hydrogen (secondary N) is 1. The molecule has 0 radical (unpaired) electrons. The van der Waals surface area contributed by atoms with Crippen LogP contribution in [0, 0.1) is 11.8 Å². The maximum atomic E-state index is 12.9. The van der Waals surface area contributed by atoms with Gasteiger partial charge in [-0.05, 0) is 42.5 Å². The van der Waals surface area contributed by atoms with Crippen LogP contribution in [-0.2, 0) is 10.0 Å². The quantitative estimate of drug-likeness (QED) is 0.822. The predicted molar refractivity (Wildman–Crippen MR) is 101 cm³/mol. The summed E-state index contributed by atoms with van der Waals surface area (Å²) in [6.45, 7) is 8.71. The first-order chi connectivity index (χ1) is 12.3. The first-order valence-corrected chi connectivity index (χ1v) is 10.9. The lowest BCUT2D eigenvalue weighted by Crippen LogP contribution is -3.12. The monoisotopic (exact) mass is 380 g/mol. The van der Waals surface area contributed by atoms with Crippen LogP contribution in [-0.4, -0.2) is 69.8 Å². The molecule has 1 amide bonds. The molecule has 1 N–H and O–H groups in total. The van der Waals surface area contributed by atoms with Crippen molar-refractivity contribution in [3.05, 3.63) is 29.8 Å². The first-order valence-electron chi connectivity index (χ1n) is 9.48. The molecule has 0 unspecified atom stereocenters. The van der Waals surface area contributed by atoms with Crippen LogP contribution in [0.5, 0.6) is 0 Å². The Morgan fingerprint density at radius 3 is 2.12 bits per heavy atom. The molecular formula is C19H30N3O3S+. The highest BCUT2D eigenvalue weighted by Gasteiger charge is 2.32. The van der Waals surface area contributed by atoms with Crippen molar-refractivity contribution >= 4 is 15.9 Å². The van der Waals surface area contributed by atoms with Gasteiger partial charge in [-0.2, -0.15) is 4.31 Å². The van der Waals surface area contributed by atoms with Crippen molar-refractivity contribution in [2.24, 2.45) is 11.8 Å². The van der Waals surface area contributed by atoms with E-state index in [-0.39, 0.29) is 10.8 Å². The van der Waals surface area contributed by atoms with Crippen LogP contribution in [0.15, 0.2) is 29.2 Å². The molecule has 2 heterocycles. The highest BCUT2D eigenvalue weighted by atomic mass is 32.2. The van der Waals surface area contributed by atoms with Gasteiger partial charge >= 0.3 is 0 Å². The summed E-state index contributed by atoms with van der Waals surface area (Å²) in [5.41, 5.74) is 0.559. The van der Waals surface area contributed by atoms with E-state index >= 15 is 0 Å². The van der Waals surface area contributed by atoms with Crippen LogP contribution in [0.4, 0.5) is 0 Å². The second-order valence-corrected chi connectivity index (χ2v) is 9.98. The molecular weight excluding hydrogens is 350 g/mol. The van der Waals surface area contributed by atoms with Gasteiger partial charge in [-0.1, -0.05) is 13.8 Å². The number of hydrogen-bond donors (Lipinski definition) is 1. The molecule has 0 aromatic heterocycles. The Morgan fingerprint density at radius 1 is 1.04 bits per heavy atom. The summed E-state index contributed by atoms with van der Waals surface area (Å²) in [5, 5.41) is 0. The summed E-state index contributed by atoms with van der Waals surface area (Å²) >= 11 is 0. The number of nitrogens with zero attached hydrogens (tertiary/aromatic N) is 2. The van der Waals surface area contributed by atoms with Crippen LogP contribution >= 0.6 is 0 Å². The lowest BCUT2D eigenvalue weighted by molar-refractivity contribution is -0.883. The Hall–Kier alpha value is -1.44. The predicted octanol–water partition coefficient (Wildman–Crippen LogP) is 0.324. The van der Waals surface area contributed by atoms with Crippen LogP contribution in [0.25, 0.3) is 0 Å². The Labute approximate surface area is 156 Å². The standard InChI is InChI=1S/C19H29N3O3S/c1-15-12-16(2)14-22(13-15)26(24,25)18-6-4-17(5-7-18)19(23)21-10-8-20(3)9-11-21/h4-7,15-16H,8-14H2,1-3H3/p+1/t15-,16-/m0/s1. The third-order valence-electron chi connectivity index (χ3n) is 5.48. The van der Waals surface area contributed by atoms with Crippen LogP contribution < -0.4 is 4.90 Å². The van der Waals surface area contributed by atoms with Crippen molar-refractivity contribution in [2.75, 3.05) is 46.3 Å². The van der Waals surface area contributed by atoms with Crippen LogP contribution in [0.2, 0.25) is 0 Å². The molecule has 7 heteroatoms. The average Bonchev–Trinajstić information content (AvgIpc) is 2.61. The first kappa shape index (κ1) is 19.3. The smallest absolute Gasteiger partial charge is 0.254 e.